The number of nitrogens with two attached hydrogens (primary N) is 1. The molecule has 1 fully saturated rings. The third-order valence-corrected chi connectivity index (χ3v) is 5.32. The molecule has 1 heterocycles. The van der Waals surface area contributed by atoms with E-state index >= 15 is 0 Å². The van der Waals surface area contributed by atoms with Gasteiger partial charge in [-0.1, -0.05) is 42.5 Å². The van der Waals surface area contributed by atoms with Gasteiger partial charge in [0.05, 0.1) is 6.54 Å². The Bertz CT molecular complexity index is 878. The Morgan fingerprint density at radius 3 is 2.66 bits per heavy atom. The summed E-state index contributed by atoms with van der Waals surface area (Å²) in [5, 5.41) is 6.93. The fourth-order valence-corrected chi connectivity index (χ4v) is 3.81. The van der Waals surface area contributed by atoms with Crippen molar-refractivity contribution in [3.8, 4) is 5.75 Å². The standard InChI is InChI=1S/C24H33N5O2.HI/c1-3-26-24(27-14-20-10-7-11-22(13-20)31-17-23(25)30)28-21-12-18(2)29(16-21)15-19-8-5-4-6-9-19;/h4-11,13,18,21H,3,12,14-17H2,1-2H3,(H2,25,30)(H2,26,27,28);1H. The molecule has 2 atom stereocenters. The molecule has 32 heavy (non-hydrogen) atoms. The summed E-state index contributed by atoms with van der Waals surface area (Å²) in [6.45, 7) is 7.47. The molecule has 2 aromatic rings. The molecule has 1 aliphatic rings. The highest BCUT2D eigenvalue weighted by molar-refractivity contribution is 14.0. The maximum absolute atomic E-state index is 10.9. The van der Waals surface area contributed by atoms with E-state index in [1.807, 2.05) is 18.2 Å². The van der Waals surface area contributed by atoms with Crippen molar-refractivity contribution in [1.82, 2.24) is 15.5 Å². The average molecular weight is 551 g/mol. The highest BCUT2D eigenvalue weighted by atomic mass is 127. The number of rotatable bonds is 9. The summed E-state index contributed by atoms with van der Waals surface area (Å²) in [5.41, 5.74) is 7.49. The highest BCUT2D eigenvalue weighted by Crippen LogP contribution is 2.20. The van der Waals surface area contributed by atoms with Crippen molar-refractivity contribution < 1.29 is 9.53 Å². The summed E-state index contributed by atoms with van der Waals surface area (Å²) in [7, 11) is 0. The van der Waals surface area contributed by atoms with Gasteiger partial charge < -0.3 is 21.1 Å². The molecule has 8 heteroatoms. The second-order valence-electron chi connectivity index (χ2n) is 7.94. The molecule has 2 unspecified atom stereocenters. The molecule has 0 aliphatic carbocycles. The van der Waals surface area contributed by atoms with E-state index in [1.54, 1.807) is 6.07 Å². The van der Waals surface area contributed by atoms with Crippen LogP contribution in [-0.4, -0.2) is 48.5 Å². The van der Waals surface area contributed by atoms with Crippen molar-refractivity contribution in [2.24, 2.45) is 10.7 Å². The SMILES string of the molecule is CCNC(=NCc1cccc(OCC(N)=O)c1)NC1CC(C)N(Cc2ccccc2)C1.I. The van der Waals surface area contributed by atoms with Crippen molar-refractivity contribution in [1.29, 1.82) is 0 Å². The van der Waals surface area contributed by atoms with E-state index in [9.17, 15) is 4.79 Å². The van der Waals surface area contributed by atoms with E-state index in [-0.39, 0.29) is 30.6 Å². The van der Waals surface area contributed by atoms with Crippen LogP contribution >= 0.6 is 24.0 Å². The van der Waals surface area contributed by atoms with Crippen LogP contribution in [-0.2, 0) is 17.9 Å². The van der Waals surface area contributed by atoms with Gasteiger partial charge in [-0.15, -0.1) is 24.0 Å². The number of likely N-dealkylation sites (tertiary alicyclic amines) is 1. The zero-order chi connectivity index (χ0) is 22.1. The first kappa shape index (κ1) is 25.9. The van der Waals surface area contributed by atoms with Crippen molar-refractivity contribution in [2.45, 2.75) is 45.4 Å². The van der Waals surface area contributed by atoms with Gasteiger partial charge >= 0.3 is 0 Å². The summed E-state index contributed by atoms with van der Waals surface area (Å²) in [4.78, 5) is 18.2. The van der Waals surface area contributed by atoms with Crippen LogP contribution in [0.4, 0.5) is 0 Å². The minimum atomic E-state index is -0.492. The maximum atomic E-state index is 10.9. The summed E-state index contributed by atoms with van der Waals surface area (Å²) < 4.78 is 5.38. The summed E-state index contributed by atoms with van der Waals surface area (Å²) in [5.74, 6) is 0.935. The molecular weight excluding hydrogens is 517 g/mol. The number of ether oxygens (including phenoxy) is 1. The number of primary amides is 1. The van der Waals surface area contributed by atoms with E-state index in [2.05, 4.69) is 59.7 Å². The fourth-order valence-electron chi connectivity index (χ4n) is 3.81. The molecule has 2 aromatic carbocycles. The van der Waals surface area contributed by atoms with Gasteiger partial charge in [0, 0.05) is 31.7 Å². The molecule has 0 aromatic heterocycles. The molecule has 0 saturated carbocycles. The van der Waals surface area contributed by atoms with Crippen LogP contribution in [0, 0.1) is 0 Å². The Hall–Kier alpha value is -2.33. The molecule has 1 aliphatic heterocycles. The lowest BCUT2D eigenvalue weighted by Crippen LogP contribution is -2.44. The van der Waals surface area contributed by atoms with E-state index in [0.717, 1.165) is 37.6 Å². The second-order valence-corrected chi connectivity index (χ2v) is 7.94. The number of hydrogen-bond donors (Lipinski definition) is 3. The molecular formula is C24H34IN5O2. The van der Waals surface area contributed by atoms with Gasteiger partial charge in [0.1, 0.15) is 5.75 Å². The second kappa shape index (κ2) is 13.3. The number of halogens is 1. The maximum Gasteiger partial charge on any atom is 0.255 e. The topological polar surface area (TPSA) is 92.0 Å². The predicted molar refractivity (Wildman–Crippen MR) is 139 cm³/mol. The Kier molecular flexibility index (Phi) is 10.8. The lowest BCUT2D eigenvalue weighted by Gasteiger charge is -2.21. The van der Waals surface area contributed by atoms with Crippen LogP contribution in [0.15, 0.2) is 59.6 Å². The monoisotopic (exact) mass is 551 g/mol. The number of carbonyl (C=O) groups is 1. The van der Waals surface area contributed by atoms with Gasteiger partial charge in [-0.05, 0) is 43.5 Å². The lowest BCUT2D eigenvalue weighted by atomic mass is 10.2. The van der Waals surface area contributed by atoms with Gasteiger partial charge in [-0.2, -0.15) is 0 Å². The van der Waals surface area contributed by atoms with Crippen LogP contribution in [0.5, 0.6) is 5.75 Å². The van der Waals surface area contributed by atoms with Gasteiger partial charge in [0.25, 0.3) is 5.91 Å². The number of amides is 1. The Morgan fingerprint density at radius 1 is 1.19 bits per heavy atom. The van der Waals surface area contributed by atoms with Crippen molar-refractivity contribution in [3.05, 3.63) is 65.7 Å². The summed E-state index contributed by atoms with van der Waals surface area (Å²) in [6.07, 6.45) is 1.08. The Labute approximate surface area is 207 Å². The van der Waals surface area contributed by atoms with Gasteiger partial charge in [-0.3, -0.25) is 9.69 Å². The van der Waals surface area contributed by atoms with Crippen molar-refractivity contribution in [3.63, 3.8) is 0 Å². The minimum Gasteiger partial charge on any atom is -0.484 e. The number of guanidine groups is 1. The van der Waals surface area contributed by atoms with Gasteiger partial charge in [0.2, 0.25) is 0 Å². The molecule has 4 N–H and O–H groups in total. The lowest BCUT2D eigenvalue weighted by molar-refractivity contribution is -0.119. The first-order chi connectivity index (χ1) is 15.0. The fraction of sp³-hybridized carbons (Fsp3) is 0.417. The molecule has 3 rings (SSSR count). The zero-order valence-electron chi connectivity index (χ0n) is 18.8. The minimum absolute atomic E-state index is 0. The quantitative estimate of drug-likeness (QED) is 0.253. The van der Waals surface area contributed by atoms with Crippen LogP contribution < -0.4 is 21.1 Å². The Morgan fingerprint density at radius 2 is 1.94 bits per heavy atom. The first-order valence-corrected chi connectivity index (χ1v) is 10.9. The molecule has 0 radical (unpaired) electrons. The van der Waals surface area contributed by atoms with Crippen LogP contribution in [0.2, 0.25) is 0 Å². The third-order valence-electron chi connectivity index (χ3n) is 5.32. The van der Waals surface area contributed by atoms with E-state index in [0.29, 0.717) is 24.4 Å². The summed E-state index contributed by atoms with van der Waals surface area (Å²) >= 11 is 0. The van der Waals surface area contributed by atoms with Crippen LogP contribution in [0.25, 0.3) is 0 Å². The third kappa shape index (κ3) is 8.31. The van der Waals surface area contributed by atoms with E-state index < -0.39 is 5.91 Å². The molecule has 0 spiro atoms. The molecule has 0 bridgehead atoms. The number of nitrogens with zero attached hydrogens (tertiary/aromatic N) is 2. The molecule has 1 saturated heterocycles. The number of hydrogen-bond acceptors (Lipinski definition) is 4. The number of nitrogens with one attached hydrogen (secondary N) is 2. The molecule has 174 valence electrons. The number of benzene rings is 2. The Balaban J connectivity index is 0.00000363. The molecule has 7 nitrogen and oxygen atoms in total. The van der Waals surface area contributed by atoms with Crippen molar-refractivity contribution in [2.75, 3.05) is 19.7 Å². The van der Waals surface area contributed by atoms with Crippen LogP contribution in [0.1, 0.15) is 31.4 Å². The number of aliphatic imine (C=N–C) groups is 1. The average Bonchev–Trinajstić information content (AvgIpc) is 3.10. The number of carbonyl (C=O) groups excluding carboxylic acids is 1. The van der Waals surface area contributed by atoms with Gasteiger partial charge in [-0.25, -0.2) is 4.99 Å². The highest BCUT2D eigenvalue weighted by Gasteiger charge is 2.29. The summed E-state index contributed by atoms with van der Waals surface area (Å²) in [6, 6.07) is 19.0. The van der Waals surface area contributed by atoms with Crippen molar-refractivity contribution >= 4 is 35.8 Å². The largest absolute Gasteiger partial charge is 0.484 e. The zero-order valence-corrected chi connectivity index (χ0v) is 21.1. The van der Waals surface area contributed by atoms with E-state index in [4.69, 9.17) is 15.5 Å². The van der Waals surface area contributed by atoms with E-state index in [1.165, 1.54) is 5.56 Å². The first-order valence-electron chi connectivity index (χ1n) is 10.9. The predicted octanol–water partition coefficient (Wildman–Crippen LogP) is 2.89. The van der Waals surface area contributed by atoms with Gasteiger partial charge in [0.15, 0.2) is 12.6 Å². The van der Waals surface area contributed by atoms with Crippen LogP contribution in [0.3, 0.4) is 0 Å². The normalized spacial score (nSPS) is 18.6. The smallest absolute Gasteiger partial charge is 0.255 e. The molecule has 1 amide bonds.